The normalized spacial score (nSPS) is 20.6. The van der Waals surface area contributed by atoms with Crippen LogP contribution in [0.5, 0.6) is 5.75 Å². The molecule has 4 rings (SSSR count). The molecular formula is C25H28O3. The third-order valence-electron chi connectivity index (χ3n) is 6.43. The van der Waals surface area contributed by atoms with Gasteiger partial charge in [0.2, 0.25) is 0 Å². The SMILES string of the molecule is C=C1C(=O)O[C@H]2c3c(C)c(OCc4c(C)cc(C)cc4C)cc(C)c3CC[C@@H]12. The van der Waals surface area contributed by atoms with Crippen LogP contribution in [0, 0.1) is 40.5 Å². The molecule has 0 spiro atoms. The van der Waals surface area contributed by atoms with E-state index >= 15 is 0 Å². The Morgan fingerprint density at radius 1 is 1.07 bits per heavy atom. The number of ether oxygens (including phenoxy) is 2. The van der Waals surface area contributed by atoms with Crippen LogP contribution in [-0.2, 0) is 22.6 Å². The molecule has 3 heteroatoms. The van der Waals surface area contributed by atoms with Crippen molar-refractivity contribution in [2.45, 2.75) is 60.2 Å². The number of benzene rings is 2. The monoisotopic (exact) mass is 376 g/mol. The van der Waals surface area contributed by atoms with E-state index in [0.717, 1.165) is 29.7 Å². The molecule has 2 aromatic rings. The lowest BCUT2D eigenvalue weighted by molar-refractivity contribution is -0.139. The van der Waals surface area contributed by atoms with Crippen LogP contribution in [0.25, 0.3) is 0 Å². The highest BCUT2D eigenvalue weighted by Gasteiger charge is 2.44. The van der Waals surface area contributed by atoms with E-state index in [1.54, 1.807) is 0 Å². The number of aryl methyl sites for hydroxylation is 4. The zero-order chi connectivity index (χ0) is 20.2. The number of hydrogen-bond acceptors (Lipinski definition) is 3. The fraction of sp³-hybridized carbons (Fsp3) is 0.400. The molecule has 0 N–H and O–H groups in total. The van der Waals surface area contributed by atoms with E-state index in [-0.39, 0.29) is 18.0 Å². The Morgan fingerprint density at radius 2 is 1.75 bits per heavy atom. The third-order valence-corrected chi connectivity index (χ3v) is 6.43. The van der Waals surface area contributed by atoms with Gasteiger partial charge < -0.3 is 9.47 Å². The highest BCUT2D eigenvalue weighted by molar-refractivity contribution is 5.91. The number of fused-ring (bicyclic) bond motifs is 3. The van der Waals surface area contributed by atoms with Gasteiger partial charge in [-0.2, -0.15) is 0 Å². The molecule has 0 aromatic heterocycles. The van der Waals surface area contributed by atoms with Gasteiger partial charge in [-0.05, 0) is 86.9 Å². The van der Waals surface area contributed by atoms with Crippen molar-refractivity contribution in [1.82, 2.24) is 0 Å². The van der Waals surface area contributed by atoms with Crippen molar-refractivity contribution in [3.63, 3.8) is 0 Å². The lowest BCUT2D eigenvalue weighted by Crippen LogP contribution is -2.20. The number of esters is 1. The molecule has 0 unspecified atom stereocenters. The summed E-state index contributed by atoms with van der Waals surface area (Å²) in [5.41, 5.74) is 10.4. The fourth-order valence-corrected chi connectivity index (χ4v) is 4.91. The molecule has 146 valence electrons. The van der Waals surface area contributed by atoms with Crippen molar-refractivity contribution in [3.05, 3.63) is 74.9 Å². The molecule has 0 saturated carbocycles. The van der Waals surface area contributed by atoms with Crippen molar-refractivity contribution < 1.29 is 14.3 Å². The van der Waals surface area contributed by atoms with Gasteiger partial charge in [-0.15, -0.1) is 0 Å². The molecule has 1 aliphatic carbocycles. The van der Waals surface area contributed by atoms with Crippen molar-refractivity contribution in [2.24, 2.45) is 5.92 Å². The van der Waals surface area contributed by atoms with E-state index in [2.05, 4.69) is 59.4 Å². The molecule has 3 nitrogen and oxygen atoms in total. The Kier molecular flexibility index (Phi) is 4.57. The van der Waals surface area contributed by atoms with Crippen molar-refractivity contribution in [2.75, 3.05) is 0 Å². The van der Waals surface area contributed by atoms with Gasteiger partial charge in [-0.25, -0.2) is 4.79 Å². The predicted octanol–water partition coefficient (Wildman–Crippen LogP) is 5.52. The predicted molar refractivity (Wildman–Crippen MR) is 111 cm³/mol. The minimum atomic E-state index is -0.253. The summed E-state index contributed by atoms with van der Waals surface area (Å²) in [6, 6.07) is 6.54. The Bertz CT molecular complexity index is 976. The second kappa shape index (κ2) is 6.80. The molecule has 2 aliphatic rings. The van der Waals surface area contributed by atoms with Gasteiger partial charge >= 0.3 is 5.97 Å². The lowest BCUT2D eigenvalue weighted by atomic mass is 9.76. The number of carbonyl (C=O) groups excluding carboxylic acids is 1. The zero-order valence-corrected chi connectivity index (χ0v) is 17.4. The van der Waals surface area contributed by atoms with Crippen LogP contribution >= 0.6 is 0 Å². The van der Waals surface area contributed by atoms with E-state index in [0.29, 0.717) is 12.2 Å². The second-order valence-corrected chi connectivity index (χ2v) is 8.37. The minimum Gasteiger partial charge on any atom is -0.489 e. The Labute approximate surface area is 167 Å². The number of rotatable bonds is 3. The average Bonchev–Trinajstić information content (AvgIpc) is 2.92. The molecule has 0 radical (unpaired) electrons. The third kappa shape index (κ3) is 2.94. The molecule has 0 bridgehead atoms. The highest BCUT2D eigenvalue weighted by atomic mass is 16.6. The summed E-state index contributed by atoms with van der Waals surface area (Å²) in [6.45, 7) is 15.1. The summed E-state index contributed by atoms with van der Waals surface area (Å²) in [7, 11) is 0. The molecule has 1 saturated heterocycles. The molecule has 2 aromatic carbocycles. The van der Waals surface area contributed by atoms with Crippen LogP contribution in [0.1, 0.15) is 57.0 Å². The van der Waals surface area contributed by atoms with Crippen LogP contribution in [0.2, 0.25) is 0 Å². The Balaban J connectivity index is 1.69. The molecule has 1 heterocycles. The molecule has 0 amide bonds. The molecular weight excluding hydrogens is 348 g/mol. The van der Waals surface area contributed by atoms with Crippen molar-refractivity contribution in [1.29, 1.82) is 0 Å². The summed E-state index contributed by atoms with van der Waals surface area (Å²) in [4.78, 5) is 12.1. The first-order valence-electron chi connectivity index (χ1n) is 10.00. The van der Waals surface area contributed by atoms with E-state index in [1.165, 1.54) is 33.4 Å². The van der Waals surface area contributed by atoms with E-state index in [9.17, 15) is 4.79 Å². The molecule has 1 fully saturated rings. The first-order chi connectivity index (χ1) is 13.3. The van der Waals surface area contributed by atoms with Gasteiger partial charge in [0.15, 0.2) is 0 Å². The van der Waals surface area contributed by atoms with Crippen molar-refractivity contribution in [3.8, 4) is 5.75 Å². The van der Waals surface area contributed by atoms with Crippen LogP contribution in [0.15, 0.2) is 30.4 Å². The number of carbonyl (C=O) groups is 1. The summed E-state index contributed by atoms with van der Waals surface area (Å²) in [5, 5.41) is 0. The van der Waals surface area contributed by atoms with Gasteiger partial charge in [0.05, 0.1) is 0 Å². The average molecular weight is 376 g/mol. The largest absolute Gasteiger partial charge is 0.489 e. The molecule has 1 aliphatic heterocycles. The van der Waals surface area contributed by atoms with Gasteiger partial charge in [0.25, 0.3) is 0 Å². The Hall–Kier alpha value is -2.55. The first kappa shape index (κ1) is 18.8. The summed E-state index contributed by atoms with van der Waals surface area (Å²) in [6.07, 6.45) is 1.66. The second-order valence-electron chi connectivity index (χ2n) is 8.37. The standard InChI is InChI=1S/C25H28O3/c1-13-9-14(2)21(15(3)10-13)12-27-22-11-16(4)19-7-8-20-17(5)25(26)28-24(20)23(19)18(22)6/h9-11,20,24H,5,7-8,12H2,1-4,6H3/t20-,24+/m0/s1. The maximum atomic E-state index is 12.1. The van der Waals surface area contributed by atoms with Crippen LogP contribution in [0.4, 0.5) is 0 Å². The van der Waals surface area contributed by atoms with E-state index in [4.69, 9.17) is 9.47 Å². The Morgan fingerprint density at radius 3 is 2.43 bits per heavy atom. The van der Waals surface area contributed by atoms with E-state index in [1.807, 2.05) is 0 Å². The van der Waals surface area contributed by atoms with Gasteiger partial charge in [0, 0.05) is 17.1 Å². The quantitative estimate of drug-likeness (QED) is 0.522. The first-order valence-corrected chi connectivity index (χ1v) is 10.00. The lowest BCUT2D eigenvalue weighted by Gasteiger charge is -2.30. The van der Waals surface area contributed by atoms with Crippen LogP contribution in [0.3, 0.4) is 0 Å². The molecule has 2 atom stereocenters. The summed E-state index contributed by atoms with van der Waals surface area (Å²) >= 11 is 0. The summed E-state index contributed by atoms with van der Waals surface area (Å²) in [5.74, 6) is 0.719. The van der Waals surface area contributed by atoms with Crippen molar-refractivity contribution >= 4 is 5.97 Å². The minimum absolute atomic E-state index is 0.0925. The van der Waals surface area contributed by atoms with Crippen LogP contribution in [-0.4, -0.2) is 5.97 Å². The highest BCUT2D eigenvalue weighted by Crippen LogP contribution is 2.49. The summed E-state index contributed by atoms with van der Waals surface area (Å²) < 4.78 is 12.0. The van der Waals surface area contributed by atoms with Gasteiger partial charge in [0.1, 0.15) is 18.5 Å². The number of hydrogen-bond donors (Lipinski definition) is 0. The molecule has 28 heavy (non-hydrogen) atoms. The zero-order valence-electron chi connectivity index (χ0n) is 17.4. The topological polar surface area (TPSA) is 35.5 Å². The van der Waals surface area contributed by atoms with Crippen LogP contribution < -0.4 is 4.74 Å². The smallest absolute Gasteiger partial charge is 0.334 e. The van der Waals surface area contributed by atoms with Gasteiger partial charge in [-0.3, -0.25) is 0 Å². The maximum Gasteiger partial charge on any atom is 0.334 e. The maximum absolute atomic E-state index is 12.1. The fourth-order valence-electron chi connectivity index (χ4n) is 4.91. The van der Waals surface area contributed by atoms with Gasteiger partial charge in [-0.1, -0.05) is 24.3 Å². The van der Waals surface area contributed by atoms with E-state index < -0.39 is 0 Å².